The van der Waals surface area contributed by atoms with E-state index < -0.39 is 5.41 Å². The van der Waals surface area contributed by atoms with Crippen LogP contribution in [0.3, 0.4) is 0 Å². The minimum atomic E-state index is -0.913. The van der Waals surface area contributed by atoms with Crippen LogP contribution in [0, 0.1) is 0 Å². The Balaban J connectivity index is 2.34. The largest absolute Gasteiger partial charge is 0.456 e. The van der Waals surface area contributed by atoms with Crippen LogP contribution < -0.4 is 5.43 Å². The summed E-state index contributed by atoms with van der Waals surface area (Å²) in [4.78, 5) is 26.4. The molecule has 1 aliphatic carbocycles. The van der Waals surface area contributed by atoms with Gasteiger partial charge in [0, 0.05) is 0 Å². The summed E-state index contributed by atoms with van der Waals surface area (Å²) >= 11 is 0. The molecular formula is C23H24O3. The molecule has 3 heteroatoms. The van der Waals surface area contributed by atoms with Crippen molar-refractivity contribution < 1.29 is 9.21 Å². The van der Waals surface area contributed by atoms with Crippen molar-refractivity contribution in [2.24, 2.45) is 0 Å². The van der Waals surface area contributed by atoms with Crippen LogP contribution in [-0.2, 0) is 10.2 Å². The van der Waals surface area contributed by atoms with Gasteiger partial charge in [-0.05, 0) is 64.8 Å². The molecule has 2 aromatic rings. The Morgan fingerprint density at radius 1 is 0.962 bits per heavy atom. The molecule has 0 fully saturated rings. The molecule has 0 radical (unpaired) electrons. The third kappa shape index (κ3) is 3.10. The maximum Gasteiger partial charge on any atom is 0.197 e. The summed E-state index contributed by atoms with van der Waals surface area (Å²) in [7, 11) is 0. The van der Waals surface area contributed by atoms with E-state index in [9.17, 15) is 9.59 Å². The Morgan fingerprint density at radius 3 is 2.19 bits per heavy atom. The van der Waals surface area contributed by atoms with Gasteiger partial charge >= 0.3 is 0 Å². The fourth-order valence-electron chi connectivity index (χ4n) is 3.41. The van der Waals surface area contributed by atoms with Crippen LogP contribution in [0.4, 0.5) is 0 Å². The molecular weight excluding hydrogens is 324 g/mol. The standard InChI is InChI=1S/C23H24O3/c1-15(2)11-13-23(14-12-16(3)4)20(24)10-9-19-21(23)22(25)17-7-5-6-8-18(17)26-19/h5-12H,13-14H2,1-4H3. The number of rotatable bonds is 4. The second kappa shape index (κ2) is 6.91. The molecule has 1 heterocycles. The maximum absolute atomic E-state index is 13.3. The summed E-state index contributed by atoms with van der Waals surface area (Å²) in [6, 6.07) is 7.21. The molecule has 26 heavy (non-hydrogen) atoms. The normalized spacial score (nSPS) is 14.8. The van der Waals surface area contributed by atoms with Crippen LogP contribution in [0.1, 0.15) is 51.9 Å². The van der Waals surface area contributed by atoms with Crippen LogP contribution in [-0.4, -0.2) is 5.78 Å². The fraction of sp³-hybridized carbons (Fsp3) is 0.304. The van der Waals surface area contributed by atoms with Crippen molar-refractivity contribution in [3.05, 3.63) is 75.2 Å². The molecule has 0 unspecified atom stereocenters. The number of carbonyl (C=O) groups excluding carboxylic acids is 1. The topological polar surface area (TPSA) is 47.3 Å². The Bertz CT molecular complexity index is 987. The average Bonchev–Trinajstić information content (AvgIpc) is 2.60. The Hall–Kier alpha value is -2.68. The van der Waals surface area contributed by atoms with E-state index in [0.717, 1.165) is 11.1 Å². The number of fused-ring (bicyclic) bond motifs is 2. The summed E-state index contributed by atoms with van der Waals surface area (Å²) in [5.41, 5.74) is 2.26. The molecule has 0 saturated carbocycles. The number of allylic oxidation sites excluding steroid dienone is 5. The van der Waals surface area contributed by atoms with Gasteiger partial charge in [0.15, 0.2) is 11.2 Å². The Kier molecular flexibility index (Phi) is 4.82. The summed E-state index contributed by atoms with van der Waals surface area (Å²) in [6.07, 6.45) is 8.23. The highest BCUT2D eigenvalue weighted by atomic mass is 16.3. The summed E-state index contributed by atoms with van der Waals surface area (Å²) in [6.45, 7) is 8.01. The first kappa shape index (κ1) is 18.1. The smallest absolute Gasteiger partial charge is 0.197 e. The van der Waals surface area contributed by atoms with E-state index in [0.29, 0.717) is 35.1 Å². The number of hydrogen-bond acceptors (Lipinski definition) is 3. The molecule has 0 spiro atoms. The second-order valence-electron chi connectivity index (χ2n) is 7.42. The Morgan fingerprint density at radius 2 is 1.58 bits per heavy atom. The zero-order chi connectivity index (χ0) is 18.9. The third-order valence-corrected chi connectivity index (χ3v) is 4.88. The number of hydrogen-bond donors (Lipinski definition) is 0. The molecule has 0 bridgehead atoms. The van der Waals surface area contributed by atoms with E-state index in [4.69, 9.17) is 4.42 Å². The summed E-state index contributed by atoms with van der Waals surface area (Å²) in [5.74, 6) is 0.459. The molecule has 1 aliphatic rings. The van der Waals surface area contributed by atoms with Gasteiger partial charge in [-0.25, -0.2) is 0 Å². The molecule has 134 valence electrons. The molecule has 3 nitrogen and oxygen atoms in total. The van der Waals surface area contributed by atoms with Gasteiger partial charge in [0.2, 0.25) is 0 Å². The quantitative estimate of drug-likeness (QED) is 0.701. The highest BCUT2D eigenvalue weighted by molar-refractivity contribution is 6.05. The van der Waals surface area contributed by atoms with Gasteiger partial charge in [-0.2, -0.15) is 0 Å². The Labute approximate surface area is 153 Å². The van der Waals surface area contributed by atoms with E-state index in [1.54, 1.807) is 24.3 Å². The highest BCUT2D eigenvalue weighted by Crippen LogP contribution is 2.40. The highest BCUT2D eigenvalue weighted by Gasteiger charge is 2.43. The first-order chi connectivity index (χ1) is 12.3. The van der Waals surface area contributed by atoms with Gasteiger partial charge in [0.05, 0.1) is 16.4 Å². The van der Waals surface area contributed by atoms with Gasteiger partial charge < -0.3 is 4.42 Å². The van der Waals surface area contributed by atoms with Gasteiger partial charge in [-0.1, -0.05) is 35.4 Å². The van der Waals surface area contributed by atoms with Crippen molar-refractivity contribution in [1.82, 2.24) is 0 Å². The zero-order valence-electron chi connectivity index (χ0n) is 15.8. The number of carbonyl (C=O) groups is 1. The monoisotopic (exact) mass is 348 g/mol. The van der Waals surface area contributed by atoms with Gasteiger partial charge in [0.1, 0.15) is 11.3 Å². The molecule has 0 aliphatic heterocycles. The molecule has 3 rings (SSSR count). The lowest BCUT2D eigenvalue weighted by molar-refractivity contribution is -0.119. The first-order valence-electron chi connectivity index (χ1n) is 8.91. The van der Waals surface area contributed by atoms with Crippen LogP contribution in [0.25, 0.3) is 17.0 Å². The summed E-state index contributed by atoms with van der Waals surface area (Å²) in [5, 5.41) is 0.521. The number of ketones is 1. The van der Waals surface area contributed by atoms with Gasteiger partial charge in [-0.15, -0.1) is 0 Å². The molecule has 0 saturated heterocycles. The average molecular weight is 348 g/mol. The number of para-hydroxylation sites is 1. The SMILES string of the molecule is CC(C)=CCC1(CC=C(C)C)C(=O)C=Cc2oc3ccccc3c(=O)c21. The van der Waals surface area contributed by atoms with Crippen molar-refractivity contribution in [3.8, 4) is 0 Å². The molecule has 0 amide bonds. The van der Waals surface area contributed by atoms with Crippen LogP contribution in [0.15, 0.2) is 62.9 Å². The van der Waals surface area contributed by atoms with E-state index in [1.165, 1.54) is 0 Å². The van der Waals surface area contributed by atoms with E-state index >= 15 is 0 Å². The zero-order valence-corrected chi connectivity index (χ0v) is 15.8. The number of benzene rings is 1. The lowest BCUT2D eigenvalue weighted by Crippen LogP contribution is -2.41. The molecule has 1 aromatic heterocycles. The predicted octanol–water partition coefficient (Wildman–Crippen LogP) is 5.34. The molecule has 0 N–H and O–H groups in total. The van der Waals surface area contributed by atoms with E-state index in [-0.39, 0.29) is 11.2 Å². The van der Waals surface area contributed by atoms with Gasteiger partial charge in [-0.3, -0.25) is 9.59 Å². The maximum atomic E-state index is 13.3. The van der Waals surface area contributed by atoms with Crippen molar-refractivity contribution in [1.29, 1.82) is 0 Å². The fourth-order valence-corrected chi connectivity index (χ4v) is 3.41. The van der Waals surface area contributed by atoms with Crippen molar-refractivity contribution >= 4 is 22.8 Å². The van der Waals surface area contributed by atoms with Crippen LogP contribution in [0.5, 0.6) is 0 Å². The van der Waals surface area contributed by atoms with Crippen molar-refractivity contribution in [3.63, 3.8) is 0 Å². The van der Waals surface area contributed by atoms with Crippen LogP contribution >= 0.6 is 0 Å². The van der Waals surface area contributed by atoms with Crippen molar-refractivity contribution in [2.45, 2.75) is 46.0 Å². The van der Waals surface area contributed by atoms with Gasteiger partial charge in [0.25, 0.3) is 0 Å². The summed E-state index contributed by atoms with van der Waals surface area (Å²) < 4.78 is 6.00. The molecule has 1 aromatic carbocycles. The minimum Gasteiger partial charge on any atom is -0.456 e. The van der Waals surface area contributed by atoms with E-state index in [1.807, 2.05) is 52.0 Å². The second-order valence-corrected chi connectivity index (χ2v) is 7.42. The third-order valence-electron chi connectivity index (χ3n) is 4.88. The molecule has 0 atom stereocenters. The predicted molar refractivity (Wildman–Crippen MR) is 106 cm³/mol. The van der Waals surface area contributed by atoms with Crippen molar-refractivity contribution in [2.75, 3.05) is 0 Å². The van der Waals surface area contributed by atoms with E-state index in [2.05, 4.69) is 0 Å². The minimum absolute atomic E-state index is 0.0393. The lowest BCUT2D eigenvalue weighted by Gasteiger charge is -2.33. The first-order valence-corrected chi connectivity index (χ1v) is 8.91. The van der Waals surface area contributed by atoms with Crippen LogP contribution in [0.2, 0.25) is 0 Å². The lowest BCUT2D eigenvalue weighted by atomic mass is 9.68.